The van der Waals surface area contributed by atoms with E-state index in [-0.39, 0.29) is 5.54 Å². The smallest absolute Gasteiger partial charge is 0.104 e. The quantitative estimate of drug-likeness (QED) is 0.661. The number of nitriles is 1. The largest absolute Gasteiger partial charge is 0.297 e. The summed E-state index contributed by atoms with van der Waals surface area (Å²) < 4.78 is 0. The average molecular weight is 240 g/mol. The van der Waals surface area contributed by atoms with Crippen LogP contribution in [0.4, 0.5) is 0 Å². The van der Waals surface area contributed by atoms with Crippen molar-refractivity contribution < 1.29 is 0 Å². The second kappa shape index (κ2) is 6.51. The van der Waals surface area contributed by atoms with Crippen LogP contribution in [-0.2, 0) is 0 Å². The zero-order chi connectivity index (χ0) is 12.0. The van der Waals surface area contributed by atoms with Gasteiger partial charge in [0.25, 0.3) is 0 Å². The van der Waals surface area contributed by atoms with E-state index < -0.39 is 0 Å². The average Bonchev–Trinajstić information content (AvgIpc) is 3.01. The van der Waals surface area contributed by atoms with Crippen molar-refractivity contribution in [3.8, 4) is 6.07 Å². The van der Waals surface area contributed by atoms with Crippen molar-refractivity contribution >= 4 is 11.8 Å². The van der Waals surface area contributed by atoms with Gasteiger partial charge in [-0.3, -0.25) is 5.32 Å². The molecule has 0 aromatic heterocycles. The third-order valence-corrected chi connectivity index (χ3v) is 4.06. The molecule has 1 saturated carbocycles. The SMILES string of the molecule is CC(C)SCCCCC(C)(C#N)NC1CC1. The molecule has 1 atom stereocenters. The second-order valence-electron chi connectivity index (χ2n) is 5.24. The summed E-state index contributed by atoms with van der Waals surface area (Å²) in [5.41, 5.74) is -0.288. The third kappa shape index (κ3) is 5.77. The van der Waals surface area contributed by atoms with Gasteiger partial charge in [0.2, 0.25) is 0 Å². The van der Waals surface area contributed by atoms with Crippen molar-refractivity contribution in [2.24, 2.45) is 0 Å². The Hall–Kier alpha value is -0.200. The molecule has 1 fully saturated rings. The van der Waals surface area contributed by atoms with Gasteiger partial charge >= 0.3 is 0 Å². The van der Waals surface area contributed by atoms with E-state index >= 15 is 0 Å². The van der Waals surface area contributed by atoms with E-state index in [1.807, 2.05) is 18.7 Å². The van der Waals surface area contributed by atoms with Crippen molar-refractivity contribution in [3.05, 3.63) is 0 Å². The van der Waals surface area contributed by atoms with Crippen LogP contribution in [0.5, 0.6) is 0 Å². The topological polar surface area (TPSA) is 35.8 Å². The van der Waals surface area contributed by atoms with E-state index in [0.29, 0.717) is 6.04 Å². The maximum Gasteiger partial charge on any atom is 0.104 e. The Morgan fingerprint density at radius 3 is 2.62 bits per heavy atom. The van der Waals surface area contributed by atoms with Crippen molar-refractivity contribution in [3.63, 3.8) is 0 Å². The van der Waals surface area contributed by atoms with Crippen LogP contribution in [0.3, 0.4) is 0 Å². The van der Waals surface area contributed by atoms with Gasteiger partial charge in [0.1, 0.15) is 5.54 Å². The summed E-state index contributed by atoms with van der Waals surface area (Å²) >= 11 is 2.01. The second-order valence-corrected chi connectivity index (χ2v) is 6.92. The monoisotopic (exact) mass is 240 g/mol. The zero-order valence-corrected chi connectivity index (χ0v) is 11.6. The highest BCUT2D eigenvalue weighted by atomic mass is 32.2. The van der Waals surface area contributed by atoms with Gasteiger partial charge in [-0.2, -0.15) is 17.0 Å². The Morgan fingerprint density at radius 2 is 2.12 bits per heavy atom. The molecule has 0 heterocycles. The third-order valence-electron chi connectivity index (χ3n) is 2.87. The van der Waals surface area contributed by atoms with E-state index in [9.17, 15) is 5.26 Å². The molecule has 0 aliphatic heterocycles. The van der Waals surface area contributed by atoms with Crippen molar-refractivity contribution in [2.75, 3.05) is 5.75 Å². The summed E-state index contributed by atoms with van der Waals surface area (Å²) in [4.78, 5) is 0. The van der Waals surface area contributed by atoms with Crippen molar-refractivity contribution in [2.45, 2.75) is 69.7 Å². The highest BCUT2D eigenvalue weighted by Crippen LogP contribution is 2.25. The molecule has 3 heteroatoms. The predicted molar refractivity (Wildman–Crippen MR) is 71.6 cm³/mol. The number of hydrogen-bond acceptors (Lipinski definition) is 3. The van der Waals surface area contributed by atoms with Crippen LogP contribution in [0.2, 0.25) is 0 Å². The lowest BCUT2D eigenvalue weighted by atomic mass is 9.96. The summed E-state index contributed by atoms with van der Waals surface area (Å²) in [6, 6.07) is 3.05. The molecular weight excluding hydrogens is 216 g/mol. The zero-order valence-electron chi connectivity index (χ0n) is 10.8. The van der Waals surface area contributed by atoms with Gasteiger partial charge in [-0.25, -0.2) is 0 Å². The van der Waals surface area contributed by atoms with E-state index in [0.717, 1.165) is 18.1 Å². The molecule has 1 unspecified atom stereocenters. The van der Waals surface area contributed by atoms with E-state index in [1.165, 1.54) is 25.0 Å². The van der Waals surface area contributed by atoms with Crippen LogP contribution < -0.4 is 5.32 Å². The first-order valence-corrected chi connectivity index (χ1v) is 7.41. The van der Waals surface area contributed by atoms with Crippen LogP contribution in [0.15, 0.2) is 0 Å². The van der Waals surface area contributed by atoms with Gasteiger partial charge in [0.15, 0.2) is 0 Å². The minimum atomic E-state index is -0.288. The van der Waals surface area contributed by atoms with Crippen LogP contribution in [0.25, 0.3) is 0 Å². The number of unbranched alkanes of at least 4 members (excludes halogenated alkanes) is 1. The fourth-order valence-corrected chi connectivity index (χ4v) is 2.58. The molecule has 2 nitrogen and oxygen atoms in total. The number of hydrogen-bond donors (Lipinski definition) is 1. The fraction of sp³-hybridized carbons (Fsp3) is 0.923. The predicted octanol–water partition coefficient (Wildman–Crippen LogP) is 3.33. The lowest BCUT2D eigenvalue weighted by Crippen LogP contribution is -2.42. The normalized spacial score (nSPS) is 19.4. The number of rotatable bonds is 8. The van der Waals surface area contributed by atoms with Crippen LogP contribution in [0.1, 0.15) is 52.9 Å². The Morgan fingerprint density at radius 1 is 1.44 bits per heavy atom. The first-order chi connectivity index (χ1) is 7.56. The Bertz CT molecular complexity index is 243. The fourth-order valence-electron chi connectivity index (χ4n) is 1.74. The number of nitrogens with one attached hydrogen (secondary N) is 1. The van der Waals surface area contributed by atoms with Crippen molar-refractivity contribution in [1.29, 1.82) is 5.26 Å². The molecule has 0 spiro atoms. The molecule has 0 saturated heterocycles. The van der Waals surface area contributed by atoms with Crippen LogP contribution in [0, 0.1) is 11.3 Å². The standard InChI is InChI=1S/C13H24N2S/c1-11(2)16-9-5-4-8-13(3,10-14)15-12-6-7-12/h11-12,15H,4-9H2,1-3H3. The molecule has 92 valence electrons. The Balaban J connectivity index is 2.10. The van der Waals surface area contributed by atoms with Gasteiger partial charge in [-0.05, 0) is 50.0 Å². The van der Waals surface area contributed by atoms with E-state index in [1.54, 1.807) is 0 Å². The van der Waals surface area contributed by atoms with Gasteiger partial charge in [0, 0.05) is 6.04 Å². The highest BCUT2D eigenvalue weighted by Gasteiger charge is 2.31. The molecule has 1 rings (SSSR count). The van der Waals surface area contributed by atoms with E-state index in [4.69, 9.17) is 0 Å². The minimum Gasteiger partial charge on any atom is -0.297 e. The minimum absolute atomic E-state index is 0.288. The summed E-state index contributed by atoms with van der Waals surface area (Å²) in [6.07, 6.45) is 5.87. The lowest BCUT2D eigenvalue weighted by Gasteiger charge is -2.23. The molecular formula is C13H24N2S. The number of thioether (sulfide) groups is 1. The first-order valence-electron chi connectivity index (χ1n) is 6.36. The number of nitrogens with zero attached hydrogens (tertiary/aromatic N) is 1. The Labute approximate surface area is 104 Å². The lowest BCUT2D eigenvalue weighted by molar-refractivity contribution is 0.402. The van der Waals surface area contributed by atoms with E-state index in [2.05, 4.69) is 25.2 Å². The summed E-state index contributed by atoms with van der Waals surface area (Å²) in [6.45, 7) is 6.51. The molecule has 0 bridgehead atoms. The van der Waals surface area contributed by atoms with Gasteiger partial charge in [0.05, 0.1) is 6.07 Å². The maximum atomic E-state index is 9.19. The Kier molecular flexibility index (Phi) is 5.64. The first kappa shape index (κ1) is 13.9. The molecule has 0 radical (unpaired) electrons. The highest BCUT2D eigenvalue weighted by molar-refractivity contribution is 7.99. The maximum absolute atomic E-state index is 9.19. The van der Waals surface area contributed by atoms with Gasteiger partial charge < -0.3 is 0 Å². The summed E-state index contributed by atoms with van der Waals surface area (Å²) in [7, 11) is 0. The van der Waals surface area contributed by atoms with Crippen LogP contribution in [-0.4, -0.2) is 22.6 Å². The summed E-state index contributed by atoms with van der Waals surface area (Å²) in [5, 5.41) is 13.4. The molecule has 1 aliphatic rings. The van der Waals surface area contributed by atoms with Gasteiger partial charge in [-0.1, -0.05) is 13.8 Å². The van der Waals surface area contributed by atoms with Crippen molar-refractivity contribution in [1.82, 2.24) is 5.32 Å². The molecule has 1 N–H and O–H groups in total. The molecule has 0 aromatic carbocycles. The van der Waals surface area contributed by atoms with Crippen LogP contribution >= 0.6 is 11.8 Å². The van der Waals surface area contributed by atoms with Gasteiger partial charge in [-0.15, -0.1) is 0 Å². The molecule has 16 heavy (non-hydrogen) atoms. The summed E-state index contributed by atoms with van der Waals surface area (Å²) in [5.74, 6) is 1.22. The molecule has 0 amide bonds. The molecule has 1 aliphatic carbocycles. The molecule has 0 aromatic rings.